The highest BCUT2D eigenvalue weighted by atomic mass is 16.5. The van der Waals surface area contributed by atoms with E-state index in [4.69, 9.17) is 10.5 Å². The molecule has 0 radical (unpaired) electrons. The Morgan fingerprint density at radius 2 is 1.91 bits per heavy atom. The number of nitrogens with one attached hydrogen (secondary N) is 2. The first-order valence-corrected chi connectivity index (χ1v) is 11.0. The van der Waals surface area contributed by atoms with Crippen molar-refractivity contribution in [2.45, 2.75) is 38.3 Å². The van der Waals surface area contributed by atoms with E-state index in [1.807, 2.05) is 24.3 Å². The van der Waals surface area contributed by atoms with Crippen LogP contribution in [0, 0.1) is 0 Å². The molecule has 6 N–H and O–H groups in total. The number of nitrogen functional groups attached to an aromatic ring is 1. The minimum Gasteiger partial charge on any atom is -0.504 e. The topological polar surface area (TPSA) is 130 Å². The number of aromatic nitrogens is 1. The summed E-state index contributed by atoms with van der Waals surface area (Å²) in [5.41, 5.74) is 8.48. The van der Waals surface area contributed by atoms with Gasteiger partial charge in [0.15, 0.2) is 11.5 Å². The molecule has 1 atom stereocenters. The lowest BCUT2D eigenvalue weighted by Gasteiger charge is -2.28. The second-order valence-electron chi connectivity index (χ2n) is 8.91. The van der Waals surface area contributed by atoms with Gasteiger partial charge in [0.1, 0.15) is 5.82 Å². The van der Waals surface area contributed by atoms with Crippen molar-refractivity contribution in [2.75, 3.05) is 24.7 Å². The summed E-state index contributed by atoms with van der Waals surface area (Å²) in [5.74, 6) is 0.550. The minimum absolute atomic E-state index is 0.0326. The number of anilines is 2. The number of methoxy groups -OCH3 is 1. The molecule has 0 aliphatic heterocycles. The van der Waals surface area contributed by atoms with Crippen molar-refractivity contribution in [3.8, 4) is 11.5 Å². The van der Waals surface area contributed by atoms with E-state index >= 15 is 0 Å². The van der Waals surface area contributed by atoms with Crippen LogP contribution in [0.2, 0.25) is 0 Å². The Morgan fingerprint density at radius 1 is 1.15 bits per heavy atom. The highest BCUT2D eigenvalue weighted by Crippen LogP contribution is 2.28. The summed E-state index contributed by atoms with van der Waals surface area (Å²) in [5, 5.41) is 26.5. The molecule has 0 spiro atoms. The Kier molecular flexibility index (Phi) is 8.09. The van der Waals surface area contributed by atoms with Gasteiger partial charge in [-0.2, -0.15) is 0 Å². The molecule has 0 fully saturated rings. The van der Waals surface area contributed by atoms with Crippen molar-refractivity contribution >= 4 is 17.4 Å². The van der Waals surface area contributed by atoms with E-state index in [1.54, 1.807) is 30.5 Å². The van der Waals surface area contributed by atoms with Crippen molar-refractivity contribution in [3.63, 3.8) is 0 Å². The molecule has 34 heavy (non-hydrogen) atoms. The number of aromatic hydroxyl groups is 1. The number of carbonyl (C=O) groups is 1. The number of phenols is 1. The molecule has 3 aromatic rings. The summed E-state index contributed by atoms with van der Waals surface area (Å²) in [6.45, 7) is 4.50. The fourth-order valence-electron chi connectivity index (χ4n) is 3.69. The number of hydrogen-bond donors (Lipinski definition) is 5. The van der Waals surface area contributed by atoms with Crippen LogP contribution in [0.5, 0.6) is 11.5 Å². The summed E-state index contributed by atoms with van der Waals surface area (Å²) < 4.78 is 5.02. The standard InChI is InChI=1S/C26H32N4O4/c1-26(2,29-16-22(32)19-7-10-24(27)28-15-19)14-18-6-4-5-17(11-18)12-25(33)30-20-8-9-23(34-3)21(31)13-20/h4-11,13,15,22,29,31-32H,12,14,16H2,1-3H3,(H2,27,28)(H,30,33)/t22-/m0/s1. The van der Waals surface area contributed by atoms with Crippen LogP contribution in [0.4, 0.5) is 11.5 Å². The molecule has 1 aromatic heterocycles. The first-order valence-electron chi connectivity index (χ1n) is 11.0. The molecular formula is C26H32N4O4. The van der Waals surface area contributed by atoms with E-state index in [0.717, 1.165) is 11.1 Å². The Bertz CT molecular complexity index is 1120. The number of rotatable bonds is 10. The molecule has 0 aliphatic carbocycles. The summed E-state index contributed by atoms with van der Waals surface area (Å²) >= 11 is 0. The average Bonchev–Trinajstić information content (AvgIpc) is 2.78. The molecule has 8 heteroatoms. The number of ether oxygens (including phenoxy) is 1. The van der Waals surface area contributed by atoms with Crippen molar-refractivity contribution < 1.29 is 19.7 Å². The van der Waals surface area contributed by atoms with E-state index in [9.17, 15) is 15.0 Å². The lowest BCUT2D eigenvalue weighted by molar-refractivity contribution is -0.115. The maximum Gasteiger partial charge on any atom is 0.228 e. The lowest BCUT2D eigenvalue weighted by atomic mass is 9.93. The molecule has 0 bridgehead atoms. The van der Waals surface area contributed by atoms with Gasteiger partial charge in [0.2, 0.25) is 5.91 Å². The van der Waals surface area contributed by atoms with Crippen LogP contribution in [-0.2, 0) is 17.6 Å². The van der Waals surface area contributed by atoms with Crippen molar-refractivity contribution in [1.29, 1.82) is 0 Å². The van der Waals surface area contributed by atoms with Crippen LogP contribution in [-0.4, -0.2) is 40.3 Å². The van der Waals surface area contributed by atoms with Crippen LogP contribution in [0.1, 0.15) is 36.6 Å². The third kappa shape index (κ3) is 7.19. The molecule has 8 nitrogen and oxygen atoms in total. The molecule has 2 aromatic carbocycles. The summed E-state index contributed by atoms with van der Waals surface area (Å²) in [7, 11) is 1.47. The van der Waals surface area contributed by atoms with Gasteiger partial charge >= 0.3 is 0 Å². The number of amides is 1. The Morgan fingerprint density at radius 3 is 2.59 bits per heavy atom. The summed E-state index contributed by atoms with van der Waals surface area (Å²) in [6.07, 6.45) is 1.80. The normalized spacial score (nSPS) is 12.2. The van der Waals surface area contributed by atoms with E-state index in [-0.39, 0.29) is 23.6 Å². The van der Waals surface area contributed by atoms with E-state index in [0.29, 0.717) is 35.8 Å². The number of phenolic OH excluding ortho intramolecular Hbond substituents is 1. The number of carbonyl (C=O) groups excluding carboxylic acids is 1. The van der Waals surface area contributed by atoms with Gasteiger partial charge in [-0.1, -0.05) is 30.3 Å². The van der Waals surface area contributed by atoms with Gasteiger partial charge in [-0.3, -0.25) is 4.79 Å². The molecule has 1 amide bonds. The SMILES string of the molecule is COc1ccc(NC(=O)Cc2cccc(CC(C)(C)NC[C@H](O)c3ccc(N)nc3)c2)cc1O. The maximum absolute atomic E-state index is 12.5. The van der Waals surface area contributed by atoms with E-state index < -0.39 is 6.10 Å². The van der Waals surface area contributed by atoms with Gasteiger partial charge in [0, 0.05) is 35.6 Å². The molecular weight excluding hydrogens is 432 g/mol. The van der Waals surface area contributed by atoms with E-state index in [1.165, 1.54) is 13.2 Å². The molecule has 1 heterocycles. The van der Waals surface area contributed by atoms with Crippen molar-refractivity contribution in [1.82, 2.24) is 10.3 Å². The van der Waals surface area contributed by atoms with Crippen LogP contribution >= 0.6 is 0 Å². The van der Waals surface area contributed by atoms with Gasteiger partial charge in [0.25, 0.3) is 0 Å². The van der Waals surface area contributed by atoms with E-state index in [2.05, 4.69) is 29.5 Å². The quantitative estimate of drug-likeness (QED) is 0.311. The van der Waals surface area contributed by atoms with Gasteiger partial charge in [-0.05, 0) is 49.6 Å². The molecule has 180 valence electrons. The number of benzene rings is 2. The van der Waals surface area contributed by atoms with Gasteiger partial charge in [0.05, 0.1) is 19.6 Å². The zero-order chi connectivity index (χ0) is 24.7. The number of aliphatic hydroxyl groups is 1. The van der Waals surface area contributed by atoms with Crippen molar-refractivity contribution in [3.05, 3.63) is 77.5 Å². The van der Waals surface area contributed by atoms with Crippen LogP contribution in [0.25, 0.3) is 0 Å². The van der Waals surface area contributed by atoms with Crippen molar-refractivity contribution in [2.24, 2.45) is 0 Å². The Balaban J connectivity index is 1.55. The molecule has 0 saturated heterocycles. The smallest absolute Gasteiger partial charge is 0.228 e. The Labute approximate surface area is 199 Å². The van der Waals surface area contributed by atoms with Crippen LogP contribution in [0.15, 0.2) is 60.8 Å². The number of pyridine rings is 1. The number of nitrogens with two attached hydrogens (primary N) is 1. The molecule has 0 aliphatic rings. The zero-order valence-electron chi connectivity index (χ0n) is 19.7. The van der Waals surface area contributed by atoms with Crippen LogP contribution < -0.4 is 21.1 Å². The predicted molar refractivity (Wildman–Crippen MR) is 133 cm³/mol. The zero-order valence-corrected chi connectivity index (χ0v) is 19.7. The van der Waals surface area contributed by atoms with Gasteiger partial charge in [-0.25, -0.2) is 4.98 Å². The summed E-state index contributed by atoms with van der Waals surface area (Å²) in [4.78, 5) is 16.5. The Hall–Kier alpha value is -3.62. The number of β-amino-alcohol motifs (C(OH)–C–C–N with tert-alkyl or cyclic N) is 1. The highest BCUT2D eigenvalue weighted by Gasteiger charge is 2.20. The highest BCUT2D eigenvalue weighted by molar-refractivity contribution is 5.92. The van der Waals surface area contributed by atoms with Gasteiger partial charge < -0.3 is 31.3 Å². The monoisotopic (exact) mass is 464 g/mol. The van der Waals surface area contributed by atoms with Gasteiger partial charge in [-0.15, -0.1) is 0 Å². The molecule has 0 unspecified atom stereocenters. The third-order valence-electron chi connectivity index (χ3n) is 5.43. The minimum atomic E-state index is -0.695. The molecule has 0 saturated carbocycles. The largest absolute Gasteiger partial charge is 0.504 e. The number of nitrogens with zero attached hydrogens (tertiary/aromatic N) is 1. The second-order valence-corrected chi connectivity index (χ2v) is 8.91. The number of aliphatic hydroxyl groups excluding tert-OH is 1. The predicted octanol–water partition coefficient (Wildman–Crippen LogP) is 3.20. The third-order valence-corrected chi connectivity index (χ3v) is 5.43. The first kappa shape index (κ1) is 25.0. The fraction of sp³-hybridized carbons (Fsp3) is 0.308. The summed E-state index contributed by atoms with van der Waals surface area (Å²) in [6, 6.07) is 16.0. The first-order chi connectivity index (χ1) is 16.1. The average molecular weight is 465 g/mol. The number of hydrogen-bond acceptors (Lipinski definition) is 7. The fourth-order valence-corrected chi connectivity index (χ4v) is 3.69. The van der Waals surface area contributed by atoms with Crippen LogP contribution in [0.3, 0.4) is 0 Å². The lowest BCUT2D eigenvalue weighted by Crippen LogP contribution is -2.43. The second kappa shape index (κ2) is 11.0. The maximum atomic E-state index is 12.5. The molecule has 3 rings (SSSR count).